The average molecular weight is 349 g/mol. The Kier molecular flexibility index (Phi) is 4.63. The van der Waals surface area contributed by atoms with Crippen LogP contribution in [0.5, 0.6) is 0 Å². The van der Waals surface area contributed by atoms with Gasteiger partial charge in [0.05, 0.1) is 6.10 Å². The molecule has 1 aromatic heterocycles. The number of benzene rings is 2. The van der Waals surface area contributed by atoms with Crippen molar-refractivity contribution in [3.63, 3.8) is 0 Å². The predicted octanol–water partition coefficient (Wildman–Crippen LogP) is 4.29. The van der Waals surface area contributed by atoms with Crippen LogP contribution in [0.25, 0.3) is 10.9 Å². The molecule has 2 aromatic carbocycles. The number of rotatable bonds is 4. The van der Waals surface area contributed by atoms with Crippen LogP contribution in [0.4, 0.5) is 10.5 Å². The van der Waals surface area contributed by atoms with Gasteiger partial charge in [0.1, 0.15) is 0 Å². The molecule has 0 radical (unpaired) electrons. The lowest BCUT2D eigenvalue weighted by molar-refractivity contribution is 0.112. The zero-order chi connectivity index (χ0) is 17.9. The molecule has 2 N–H and O–H groups in total. The van der Waals surface area contributed by atoms with E-state index in [4.69, 9.17) is 4.74 Å². The lowest BCUT2D eigenvalue weighted by Crippen LogP contribution is -2.24. The maximum Gasteiger partial charge on any atom is 0.318 e. The van der Waals surface area contributed by atoms with Gasteiger partial charge in [-0.1, -0.05) is 24.3 Å². The Balaban J connectivity index is 1.50. The third-order valence-corrected chi connectivity index (χ3v) is 4.89. The lowest BCUT2D eigenvalue weighted by Gasteiger charge is -2.11. The quantitative estimate of drug-likeness (QED) is 0.738. The minimum atomic E-state index is -0.213. The number of nitrogens with one attached hydrogen (secondary N) is 2. The molecule has 26 heavy (non-hydrogen) atoms. The van der Waals surface area contributed by atoms with Gasteiger partial charge in [0, 0.05) is 43.0 Å². The van der Waals surface area contributed by atoms with Crippen LogP contribution in [0.1, 0.15) is 30.1 Å². The molecule has 1 aliphatic heterocycles. The van der Waals surface area contributed by atoms with Gasteiger partial charge in [-0.25, -0.2) is 4.79 Å². The van der Waals surface area contributed by atoms with Gasteiger partial charge in [-0.3, -0.25) is 0 Å². The highest BCUT2D eigenvalue weighted by molar-refractivity contribution is 5.92. The van der Waals surface area contributed by atoms with E-state index in [-0.39, 0.29) is 12.1 Å². The van der Waals surface area contributed by atoms with E-state index in [9.17, 15) is 4.79 Å². The molecule has 134 valence electrons. The molecule has 2 amide bonds. The van der Waals surface area contributed by atoms with E-state index in [1.165, 1.54) is 11.1 Å². The summed E-state index contributed by atoms with van der Waals surface area (Å²) in [5.41, 5.74) is 4.47. The van der Waals surface area contributed by atoms with Crippen LogP contribution in [0.3, 0.4) is 0 Å². The Labute approximate surface area is 153 Å². The summed E-state index contributed by atoms with van der Waals surface area (Å²) in [6.45, 7) is 1.69. The second kappa shape index (κ2) is 7.22. The SMILES string of the molecule is CNC(=O)Nc1ccc2c(ccn2Cc2ccc(C3CCCO3)cc2)c1. The number of carbonyl (C=O) groups is 1. The highest BCUT2D eigenvalue weighted by atomic mass is 16.5. The Morgan fingerprint density at radius 3 is 2.77 bits per heavy atom. The van der Waals surface area contributed by atoms with Crippen molar-refractivity contribution in [2.24, 2.45) is 0 Å². The maximum atomic E-state index is 11.5. The summed E-state index contributed by atoms with van der Waals surface area (Å²) in [6.07, 6.45) is 4.62. The maximum absolute atomic E-state index is 11.5. The molecule has 0 bridgehead atoms. The van der Waals surface area contributed by atoms with Crippen molar-refractivity contribution in [1.29, 1.82) is 0 Å². The van der Waals surface area contributed by atoms with Crippen LogP contribution in [0.15, 0.2) is 54.7 Å². The van der Waals surface area contributed by atoms with Crippen LogP contribution in [0.2, 0.25) is 0 Å². The molecule has 2 heterocycles. The fraction of sp³-hybridized carbons (Fsp3) is 0.286. The van der Waals surface area contributed by atoms with Gasteiger partial charge in [-0.05, 0) is 48.2 Å². The van der Waals surface area contributed by atoms with E-state index in [0.29, 0.717) is 0 Å². The number of hydrogen-bond acceptors (Lipinski definition) is 2. The van der Waals surface area contributed by atoms with Crippen molar-refractivity contribution in [2.75, 3.05) is 19.0 Å². The number of amides is 2. The number of ether oxygens (including phenoxy) is 1. The number of carbonyl (C=O) groups excluding carboxylic acids is 1. The number of anilines is 1. The molecule has 3 aromatic rings. The molecule has 1 fully saturated rings. The third-order valence-electron chi connectivity index (χ3n) is 4.89. The Morgan fingerprint density at radius 2 is 2.04 bits per heavy atom. The number of nitrogens with zero attached hydrogens (tertiary/aromatic N) is 1. The van der Waals surface area contributed by atoms with Crippen molar-refractivity contribution in [2.45, 2.75) is 25.5 Å². The lowest BCUT2D eigenvalue weighted by atomic mass is 10.0. The smallest absolute Gasteiger partial charge is 0.318 e. The molecule has 5 nitrogen and oxygen atoms in total. The molecule has 1 atom stereocenters. The first kappa shape index (κ1) is 16.7. The molecule has 0 saturated carbocycles. The van der Waals surface area contributed by atoms with Crippen molar-refractivity contribution in [3.05, 3.63) is 65.9 Å². The van der Waals surface area contributed by atoms with E-state index in [2.05, 4.69) is 51.7 Å². The fourth-order valence-corrected chi connectivity index (χ4v) is 3.48. The minimum absolute atomic E-state index is 0.213. The zero-order valence-corrected chi connectivity index (χ0v) is 14.9. The predicted molar refractivity (Wildman–Crippen MR) is 103 cm³/mol. The van der Waals surface area contributed by atoms with Crippen molar-refractivity contribution in [3.8, 4) is 0 Å². The summed E-state index contributed by atoms with van der Waals surface area (Å²) in [5, 5.41) is 6.47. The Hall–Kier alpha value is -2.79. The molecule has 1 aliphatic rings. The highest BCUT2D eigenvalue weighted by Crippen LogP contribution is 2.28. The van der Waals surface area contributed by atoms with Gasteiger partial charge in [0.2, 0.25) is 0 Å². The highest BCUT2D eigenvalue weighted by Gasteiger charge is 2.17. The normalized spacial score (nSPS) is 16.7. The Morgan fingerprint density at radius 1 is 1.19 bits per heavy atom. The first-order valence-corrected chi connectivity index (χ1v) is 9.01. The molecule has 4 rings (SSSR count). The van der Waals surface area contributed by atoms with Gasteiger partial charge >= 0.3 is 6.03 Å². The van der Waals surface area contributed by atoms with Crippen LogP contribution in [-0.2, 0) is 11.3 Å². The topological polar surface area (TPSA) is 55.3 Å². The van der Waals surface area contributed by atoms with E-state index < -0.39 is 0 Å². The molecular weight excluding hydrogens is 326 g/mol. The van der Waals surface area contributed by atoms with Gasteiger partial charge in [-0.15, -0.1) is 0 Å². The summed E-state index contributed by atoms with van der Waals surface area (Å²) in [7, 11) is 1.61. The van der Waals surface area contributed by atoms with Crippen LogP contribution in [-0.4, -0.2) is 24.3 Å². The summed E-state index contributed by atoms with van der Waals surface area (Å²) in [5.74, 6) is 0. The number of urea groups is 1. The van der Waals surface area contributed by atoms with Crippen LogP contribution >= 0.6 is 0 Å². The fourth-order valence-electron chi connectivity index (χ4n) is 3.48. The van der Waals surface area contributed by atoms with E-state index in [1.807, 2.05) is 18.2 Å². The summed E-state index contributed by atoms with van der Waals surface area (Å²) < 4.78 is 7.97. The van der Waals surface area contributed by atoms with Crippen molar-refractivity contribution < 1.29 is 9.53 Å². The van der Waals surface area contributed by atoms with Crippen LogP contribution in [0, 0.1) is 0 Å². The zero-order valence-electron chi connectivity index (χ0n) is 14.9. The number of hydrogen-bond donors (Lipinski definition) is 2. The van der Waals surface area contributed by atoms with Gasteiger partial charge in [0.15, 0.2) is 0 Å². The molecule has 1 saturated heterocycles. The number of aromatic nitrogens is 1. The Bertz CT molecular complexity index is 909. The number of fused-ring (bicyclic) bond motifs is 1. The average Bonchev–Trinajstić information content (AvgIpc) is 3.33. The minimum Gasteiger partial charge on any atom is -0.374 e. The molecule has 0 spiro atoms. The summed E-state index contributed by atoms with van der Waals surface area (Å²) in [4.78, 5) is 11.5. The van der Waals surface area contributed by atoms with Gasteiger partial charge < -0.3 is 19.9 Å². The van der Waals surface area contributed by atoms with Crippen molar-refractivity contribution in [1.82, 2.24) is 9.88 Å². The summed E-state index contributed by atoms with van der Waals surface area (Å²) in [6, 6.07) is 16.6. The molecule has 5 heteroatoms. The first-order chi connectivity index (χ1) is 12.7. The largest absolute Gasteiger partial charge is 0.374 e. The monoisotopic (exact) mass is 349 g/mol. The van der Waals surface area contributed by atoms with Gasteiger partial charge in [0.25, 0.3) is 0 Å². The van der Waals surface area contributed by atoms with E-state index in [0.717, 1.165) is 42.6 Å². The van der Waals surface area contributed by atoms with Crippen LogP contribution < -0.4 is 10.6 Å². The first-order valence-electron chi connectivity index (χ1n) is 9.01. The third kappa shape index (κ3) is 3.44. The second-order valence-electron chi connectivity index (χ2n) is 6.66. The van der Waals surface area contributed by atoms with E-state index >= 15 is 0 Å². The van der Waals surface area contributed by atoms with Gasteiger partial charge in [-0.2, -0.15) is 0 Å². The molecular formula is C21H23N3O2. The van der Waals surface area contributed by atoms with Crippen molar-refractivity contribution >= 4 is 22.6 Å². The second-order valence-corrected chi connectivity index (χ2v) is 6.66. The van der Waals surface area contributed by atoms with E-state index in [1.54, 1.807) is 7.05 Å². The summed E-state index contributed by atoms with van der Waals surface area (Å²) >= 11 is 0. The standard InChI is InChI=1S/C21H23N3O2/c1-22-21(25)23-18-8-9-19-17(13-18)10-11-24(19)14-15-4-6-16(7-5-15)20-3-2-12-26-20/h4-11,13,20H,2-3,12,14H2,1H3,(H2,22,23,25). The molecule has 1 unspecified atom stereocenters. The molecule has 0 aliphatic carbocycles.